The molecule has 0 aliphatic heterocycles. The SMILES string of the molecule is Cc1cc(Nc2ccc3nc(CO)n(C4CCC(CC#N)CC4)c3n2)n[nH]1. The lowest BCUT2D eigenvalue weighted by atomic mass is 9.84. The molecule has 3 aromatic heterocycles. The van der Waals surface area contributed by atoms with Crippen molar-refractivity contribution in [2.75, 3.05) is 5.32 Å². The van der Waals surface area contributed by atoms with E-state index in [0.717, 1.165) is 42.5 Å². The molecule has 0 radical (unpaired) electrons. The molecule has 3 heterocycles. The molecule has 0 unspecified atom stereocenters. The number of aryl methyl sites for hydroxylation is 1. The summed E-state index contributed by atoms with van der Waals surface area (Å²) in [6.07, 6.45) is 4.62. The van der Waals surface area contributed by atoms with Crippen molar-refractivity contribution in [3.05, 3.63) is 29.7 Å². The molecule has 3 aromatic rings. The number of aromatic nitrogens is 5. The van der Waals surface area contributed by atoms with E-state index < -0.39 is 0 Å². The molecule has 8 nitrogen and oxygen atoms in total. The van der Waals surface area contributed by atoms with Crippen molar-refractivity contribution in [2.45, 2.75) is 51.7 Å². The summed E-state index contributed by atoms with van der Waals surface area (Å²) in [6.45, 7) is 1.83. The van der Waals surface area contributed by atoms with Crippen molar-refractivity contribution >= 4 is 22.8 Å². The molecule has 0 atom stereocenters. The van der Waals surface area contributed by atoms with Crippen LogP contribution in [0, 0.1) is 24.2 Å². The van der Waals surface area contributed by atoms with Crippen molar-refractivity contribution in [3.63, 3.8) is 0 Å². The Kier molecular flexibility index (Phi) is 4.77. The molecule has 0 spiro atoms. The summed E-state index contributed by atoms with van der Waals surface area (Å²) in [5.41, 5.74) is 2.53. The second-order valence-corrected chi connectivity index (χ2v) is 7.19. The number of anilines is 2. The van der Waals surface area contributed by atoms with Gasteiger partial charge < -0.3 is 15.0 Å². The Hall–Kier alpha value is -2.92. The van der Waals surface area contributed by atoms with E-state index in [1.165, 1.54) is 0 Å². The van der Waals surface area contributed by atoms with Crippen molar-refractivity contribution in [1.29, 1.82) is 5.26 Å². The predicted octanol–water partition coefficient (Wildman–Crippen LogP) is 3.34. The fourth-order valence-electron chi connectivity index (χ4n) is 3.94. The number of fused-ring (bicyclic) bond motifs is 1. The Morgan fingerprint density at radius 2 is 2.07 bits per heavy atom. The number of hydrogen-bond acceptors (Lipinski definition) is 6. The second-order valence-electron chi connectivity index (χ2n) is 7.19. The summed E-state index contributed by atoms with van der Waals surface area (Å²) in [5, 5.41) is 29.0. The van der Waals surface area contributed by atoms with E-state index in [2.05, 4.69) is 31.1 Å². The van der Waals surface area contributed by atoms with Gasteiger partial charge in [-0.05, 0) is 50.7 Å². The third kappa shape index (κ3) is 3.51. The number of rotatable bonds is 5. The molecule has 8 heteroatoms. The first-order chi connectivity index (χ1) is 13.2. The molecule has 1 saturated carbocycles. The van der Waals surface area contributed by atoms with Crippen LogP contribution in [0.3, 0.4) is 0 Å². The minimum Gasteiger partial charge on any atom is -0.388 e. The number of aliphatic hydroxyl groups excluding tert-OH is 1. The van der Waals surface area contributed by atoms with Gasteiger partial charge in [0.25, 0.3) is 0 Å². The van der Waals surface area contributed by atoms with Crippen LogP contribution in [0.15, 0.2) is 18.2 Å². The number of nitriles is 1. The highest BCUT2D eigenvalue weighted by Crippen LogP contribution is 2.36. The van der Waals surface area contributed by atoms with Crippen molar-refractivity contribution < 1.29 is 5.11 Å². The van der Waals surface area contributed by atoms with E-state index in [9.17, 15) is 5.11 Å². The molecule has 0 amide bonds. The number of hydrogen-bond donors (Lipinski definition) is 3. The lowest BCUT2D eigenvalue weighted by molar-refractivity contribution is 0.238. The highest BCUT2D eigenvalue weighted by atomic mass is 16.3. The molecule has 0 saturated heterocycles. The maximum atomic E-state index is 9.81. The third-order valence-electron chi connectivity index (χ3n) is 5.28. The number of pyridine rings is 1. The summed E-state index contributed by atoms with van der Waals surface area (Å²) >= 11 is 0. The van der Waals surface area contributed by atoms with Crippen LogP contribution >= 0.6 is 0 Å². The summed E-state index contributed by atoms with van der Waals surface area (Å²) in [5.74, 6) is 2.53. The van der Waals surface area contributed by atoms with Gasteiger partial charge in [-0.15, -0.1) is 0 Å². The first-order valence-corrected chi connectivity index (χ1v) is 9.32. The van der Waals surface area contributed by atoms with E-state index in [-0.39, 0.29) is 12.6 Å². The highest BCUT2D eigenvalue weighted by Gasteiger charge is 2.26. The molecule has 1 aliphatic rings. The van der Waals surface area contributed by atoms with Gasteiger partial charge in [-0.2, -0.15) is 10.4 Å². The zero-order valence-corrected chi connectivity index (χ0v) is 15.3. The van der Waals surface area contributed by atoms with Crippen LogP contribution in [-0.2, 0) is 6.61 Å². The molecule has 140 valence electrons. The van der Waals surface area contributed by atoms with Crippen LogP contribution in [0.2, 0.25) is 0 Å². The van der Waals surface area contributed by atoms with Crippen molar-refractivity contribution in [2.24, 2.45) is 5.92 Å². The molecule has 0 bridgehead atoms. The summed E-state index contributed by atoms with van der Waals surface area (Å²) in [6, 6.07) is 8.24. The van der Waals surface area contributed by atoms with Crippen molar-refractivity contribution in [1.82, 2.24) is 24.7 Å². The van der Waals surface area contributed by atoms with Gasteiger partial charge in [-0.25, -0.2) is 9.97 Å². The Bertz CT molecular complexity index is 976. The maximum absolute atomic E-state index is 9.81. The predicted molar refractivity (Wildman–Crippen MR) is 101 cm³/mol. The first kappa shape index (κ1) is 17.5. The molecule has 27 heavy (non-hydrogen) atoms. The first-order valence-electron chi connectivity index (χ1n) is 9.32. The van der Waals surface area contributed by atoms with Gasteiger partial charge in [0.15, 0.2) is 11.5 Å². The number of nitrogens with one attached hydrogen (secondary N) is 2. The summed E-state index contributed by atoms with van der Waals surface area (Å²) in [4.78, 5) is 9.31. The van der Waals surface area contributed by atoms with Crippen LogP contribution in [0.4, 0.5) is 11.6 Å². The van der Waals surface area contributed by atoms with E-state index in [0.29, 0.717) is 29.8 Å². The fraction of sp³-hybridized carbons (Fsp3) is 0.474. The zero-order valence-electron chi connectivity index (χ0n) is 15.3. The normalized spacial score (nSPS) is 19.9. The van der Waals surface area contributed by atoms with Gasteiger partial charge in [0.1, 0.15) is 23.8 Å². The average molecular weight is 365 g/mol. The zero-order chi connectivity index (χ0) is 18.8. The number of aromatic amines is 1. The molecule has 1 fully saturated rings. The number of aliphatic hydroxyl groups is 1. The summed E-state index contributed by atoms with van der Waals surface area (Å²) in [7, 11) is 0. The third-order valence-corrected chi connectivity index (χ3v) is 5.28. The van der Waals surface area contributed by atoms with Gasteiger partial charge in [0, 0.05) is 24.2 Å². The minimum atomic E-state index is -0.115. The number of H-pyrrole nitrogens is 1. The Morgan fingerprint density at radius 3 is 2.74 bits per heavy atom. The highest BCUT2D eigenvalue weighted by molar-refractivity contribution is 5.75. The lowest BCUT2D eigenvalue weighted by Crippen LogP contribution is -2.20. The van der Waals surface area contributed by atoms with E-state index in [4.69, 9.17) is 10.2 Å². The van der Waals surface area contributed by atoms with Crippen LogP contribution in [0.1, 0.15) is 49.7 Å². The lowest BCUT2D eigenvalue weighted by Gasteiger charge is -2.29. The van der Waals surface area contributed by atoms with Crippen LogP contribution in [0.5, 0.6) is 0 Å². The molecular weight excluding hydrogens is 342 g/mol. The van der Waals surface area contributed by atoms with E-state index >= 15 is 0 Å². The quantitative estimate of drug-likeness (QED) is 0.639. The molecule has 1 aliphatic carbocycles. The van der Waals surface area contributed by atoms with Crippen LogP contribution in [0.25, 0.3) is 11.2 Å². The topological polar surface area (TPSA) is 115 Å². The van der Waals surface area contributed by atoms with E-state index in [1.54, 1.807) is 0 Å². The average Bonchev–Trinajstić information content (AvgIpc) is 3.25. The van der Waals surface area contributed by atoms with Gasteiger partial charge >= 0.3 is 0 Å². The monoisotopic (exact) mass is 365 g/mol. The molecule has 3 N–H and O–H groups in total. The van der Waals surface area contributed by atoms with Crippen LogP contribution in [-0.4, -0.2) is 29.8 Å². The molecule has 4 rings (SSSR count). The van der Waals surface area contributed by atoms with Gasteiger partial charge in [0.05, 0.1) is 6.07 Å². The summed E-state index contributed by atoms with van der Waals surface area (Å²) < 4.78 is 2.08. The second kappa shape index (κ2) is 7.37. The number of imidazole rings is 1. The fourth-order valence-corrected chi connectivity index (χ4v) is 3.94. The number of nitrogens with zero attached hydrogens (tertiary/aromatic N) is 5. The standard InChI is InChI=1S/C19H23N7O/c1-12-10-17(25-24-12)22-16-7-6-15-19(23-16)26(18(11-27)21-15)14-4-2-13(3-5-14)8-9-20/h6-7,10,13-14,27H,2-5,8,11H2,1H3,(H2,22,23,24,25). The largest absolute Gasteiger partial charge is 0.388 e. The smallest absolute Gasteiger partial charge is 0.162 e. The molecular formula is C19H23N7O. The Balaban J connectivity index is 1.64. The Labute approximate surface area is 157 Å². The molecule has 0 aromatic carbocycles. The van der Waals surface area contributed by atoms with Gasteiger partial charge in [-0.1, -0.05) is 0 Å². The Morgan fingerprint density at radius 1 is 1.26 bits per heavy atom. The van der Waals surface area contributed by atoms with E-state index in [1.807, 2.05) is 25.1 Å². The maximum Gasteiger partial charge on any atom is 0.162 e. The van der Waals surface area contributed by atoms with Gasteiger partial charge in [0.2, 0.25) is 0 Å². The van der Waals surface area contributed by atoms with Crippen LogP contribution < -0.4 is 5.32 Å². The van der Waals surface area contributed by atoms with Gasteiger partial charge in [-0.3, -0.25) is 5.10 Å². The minimum absolute atomic E-state index is 0.115. The van der Waals surface area contributed by atoms with Crippen molar-refractivity contribution in [3.8, 4) is 6.07 Å².